The molecule has 0 N–H and O–H groups in total. The Morgan fingerprint density at radius 3 is 2.00 bits per heavy atom. The van der Waals surface area contributed by atoms with Crippen LogP contribution in [0.2, 0.25) is 0 Å². The van der Waals surface area contributed by atoms with Crippen LogP contribution < -0.4 is 9.64 Å². The Balaban J connectivity index is 1.85. The van der Waals surface area contributed by atoms with Crippen LogP contribution in [0.4, 0.5) is 34.1 Å². The van der Waals surface area contributed by atoms with Gasteiger partial charge in [-0.1, -0.05) is 6.07 Å². The van der Waals surface area contributed by atoms with Gasteiger partial charge in [-0.3, -0.25) is 10.1 Å². The highest BCUT2D eigenvalue weighted by Gasteiger charge is 2.15. The summed E-state index contributed by atoms with van der Waals surface area (Å²) in [5.74, 6) is 0.471. The lowest BCUT2D eigenvalue weighted by molar-refractivity contribution is -0.384. The summed E-state index contributed by atoms with van der Waals surface area (Å²) in [7, 11) is 1.54. The molecule has 0 saturated heterocycles. The Kier molecular flexibility index (Phi) is 8.47. The van der Waals surface area contributed by atoms with Crippen molar-refractivity contribution in [2.45, 2.75) is 53.6 Å². The summed E-state index contributed by atoms with van der Waals surface area (Å²) in [5, 5.41) is 28.5. The van der Waals surface area contributed by atoms with Gasteiger partial charge in [0.25, 0.3) is 5.69 Å². The van der Waals surface area contributed by atoms with Gasteiger partial charge < -0.3 is 9.64 Å². The molecule has 3 rings (SSSR count). The molecular formula is C27H32N6O3. The summed E-state index contributed by atoms with van der Waals surface area (Å²) in [6.07, 6.45) is 0. The molecule has 0 spiro atoms. The first kappa shape index (κ1) is 26.5. The molecule has 0 bridgehead atoms. The molecular weight excluding hydrogens is 456 g/mol. The summed E-state index contributed by atoms with van der Waals surface area (Å²) in [5.41, 5.74) is 4.58. The van der Waals surface area contributed by atoms with E-state index in [1.807, 2.05) is 31.2 Å². The fourth-order valence-corrected chi connectivity index (χ4v) is 3.98. The zero-order chi connectivity index (χ0) is 26.4. The van der Waals surface area contributed by atoms with Gasteiger partial charge in [0, 0.05) is 29.9 Å². The van der Waals surface area contributed by atoms with E-state index >= 15 is 0 Å². The molecule has 0 unspecified atom stereocenters. The molecule has 0 amide bonds. The van der Waals surface area contributed by atoms with Crippen molar-refractivity contribution in [3.05, 3.63) is 75.8 Å². The molecule has 0 aromatic heterocycles. The van der Waals surface area contributed by atoms with Gasteiger partial charge >= 0.3 is 0 Å². The summed E-state index contributed by atoms with van der Waals surface area (Å²) in [6.45, 7) is 12.3. The molecule has 0 saturated carbocycles. The Labute approximate surface area is 211 Å². The van der Waals surface area contributed by atoms with Crippen LogP contribution in [0.5, 0.6) is 5.75 Å². The third-order valence-corrected chi connectivity index (χ3v) is 5.62. The van der Waals surface area contributed by atoms with Crippen molar-refractivity contribution in [3.8, 4) is 5.75 Å². The van der Waals surface area contributed by atoms with Crippen LogP contribution in [-0.2, 0) is 0 Å². The van der Waals surface area contributed by atoms with E-state index in [9.17, 15) is 10.1 Å². The van der Waals surface area contributed by atoms with E-state index in [1.54, 1.807) is 31.2 Å². The lowest BCUT2D eigenvalue weighted by atomic mass is 10.1. The predicted molar refractivity (Wildman–Crippen MR) is 143 cm³/mol. The highest BCUT2D eigenvalue weighted by molar-refractivity contribution is 5.64. The van der Waals surface area contributed by atoms with Gasteiger partial charge in [-0.05, 0) is 89.1 Å². The van der Waals surface area contributed by atoms with E-state index in [1.165, 1.54) is 13.2 Å². The van der Waals surface area contributed by atoms with Crippen molar-refractivity contribution in [3.63, 3.8) is 0 Å². The molecule has 0 aliphatic carbocycles. The first-order valence-corrected chi connectivity index (χ1v) is 11.8. The molecule has 0 fully saturated rings. The number of aryl methyl sites for hydroxylation is 2. The van der Waals surface area contributed by atoms with E-state index in [0.29, 0.717) is 29.2 Å². The second kappa shape index (κ2) is 11.5. The summed E-state index contributed by atoms with van der Waals surface area (Å²) >= 11 is 0. The maximum atomic E-state index is 11.4. The van der Waals surface area contributed by atoms with Crippen molar-refractivity contribution < 1.29 is 9.66 Å². The zero-order valence-electron chi connectivity index (χ0n) is 21.8. The average Bonchev–Trinajstić information content (AvgIpc) is 2.83. The van der Waals surface area contributed by atoms with Crippen LogP contribution in [0.3, 0.4) is 0 Å². The number of rotatable bonds is 9. The molecule has 3 aromatic carbocycles. The molecule has 0 aliphatic heterocycles. The first-order valence-electron chi connectivity index (χ1n) is 11.8. The van der Waals surface area contributed by atoms with Gasteiger partial charge in [0.05, 0.1) is 23.4 Å². The van der Waals surface area contributed by atoms with Crippen LogP contribution in [0.1, 0.15) is 38.8 Å². The van der Waals surface area contributed by atoms with E-state index in [0.717, 1.165) is 22.5 Å². The van der Waals surface area contributed by atoms with E-state index in [4.69, 9.17) is 4.74 Å². The number of hydrogen-bond donors (Lipinski definition) is 0. The highest BCUT2D eigenvalue weighted by atomic mass is 16.6. The predicted octanol–water partition coefficient (Wildman–Crippen LogP) is 8.67. The highest BCUT2D eigenvalue weighted by Crippen LogP contribution is 2.37. The minimum absolute atomic E-state index is 0.0929. The van der Waals surface area contributed by atoms with Gasteiger partial charge in [-0.25, -0.2) is 0 Å². The van der Waals surface area contributed by atoms with Gasteiger partial charge in [-0.2, -0.15) is 5.11 Å². The third-order valence-electron chi connectivity index (χ3n) is 5.62. The molecule has 0 aliphatic rings. The third kappa shape index (κ3) is 6.29. The quantitative estimate of drug-likeness (QED) is 0.171. The van der Waals surface area contributed by atoms with E-state index < -0.39 is 4.92 Å². The van der Waals surface area contributed by atoms with E-state index in [-0.39, 0.29) is 11.4 Å². The molecule has 9 nitrogen and oxygen atoms in total. The Hall–Kier alpha value is -4.14. The number of azo groups is 2. The van der Waals surface area contributed by atoms with Crippen LogP contribution in [-0.4, -0.2) is 24.1 Å². The van der Waals surface area contributed by atoms with Gasteiger partial charge in [0.15, 0.2) is 5.69 Å². The topological polar surface area (TPSA) is 105 Å². The molecule has 3 aromatic rings. The normalized spacial score (nSPS) is 11.7. The molecule has 0 radical (unpaired) electrons. The molecule has 9 heteroatoms. The Morgan fingerprint density at radius 2 is 1.42 bits per heavy atom. The SMILES string of the molecule is COc1cc(N=Nc2ccc(C)cc2[N+](=O)[O-])c(C)cc1N=Nc1ccc(N(C(C)C)C(C)C)cc1. The molecule has 0 atom stereocenters. The number of nitro benzene ring substituents is 1. The standard InChI is InChI=1S/C27H32N6O3/c1-17(2)32(18(3)4)22-11-9-21(10-12-22)28-31-25-15-20(6)24(16-27(25)36-7)30-29-23-13-8-19(5)14-26(23)33(34)35/h8-18H,1-7H3. The lowest BCUT2D eigenvalue weighted by Gasteiger charge is -2.33. The number of ether oxygens (including phenoxy) is 1. The maximum Gasteiger partial charge on any atom is 0.296 e. The monoisotopic (exact) mass is 488 g/mol. The average molecular weight is 489 g/mol. The van der Waals surface area contributed by atoms with Crippen LogP contribution >= 0.6 is 0 Å². The second-order valence-electron chi connectivity index (χ2n) is 9.07. The van der Waals surface area contributed by atoms with Crippen LogP contribution in [0.25, 0.3) is 0 Å². The van der Waals surface area contributed by atoms with Crippen LogP contribution in [0.15, 0.2) is 75.1 Å². The first-order chi connectivity index (χ1) is 17.1. The van der Waals surface area contributed by atoms with Gasteiger partial charge in [0.1, 0.15) is 11.4 Å². The number of hydrogen-bond acceptors (Lipinski definition) is 8. The zero-order valence-corrected chi connectivity index (χ0v) is 21.8. The van der Waals surface area contributed by atoms with Crippen molar-refractivity contribution in [2.75, 3.05) is 12.0 Å². The fourth-order valence-electron chi connectivity index (χ4n) is 3.98. The number of nitro groups is 1. The molecule has 0 heterocycles. The number of nitrogens with zero attached hydrogens (tertiary/aromatic N) is 6. The maximum absolute atomic E-state index is 11.4. The second-order valence-corrected chi connectivity index (χ2v) is 9.07. The smallest absolute Gasteiger partial charge is 0.296 e. The number of anilines is 1. The molecule has 36 heavy (non-hydrogen) atoms. The summed E-state index contributed by atoms with van der Waals surface area (Å²) in [6, 6.07) is 17.0. The molecule has 188 valence electrons. The van der Waals surface area contributed by atoms with Crippen molar-refractivity contribution >= 4 is 34.1 Å². The van der Waals surface area contributed by atoms with Crippen molar-refractivity contribution in [1.82, 2.24) is 0 Å². The largest absolute Gasteiger partial charge is 0.494 e. The van der Waals surface area contributed by atoms with E-state index in [2.05, 4.69) is 53.1 Å². The van der Waals surface area contributed by atoms with Crippen molar-refractivity contribution in [1.29, 1.82) is 0 Å². The van der Waals surface area contributed by atoms with Crippen molar-refractivity contribution in [2.24, 2.45) is 20.5 Å². The Bertz CT molecular complexity index is 1280. The summed E-state index contributed by atoms with van der Waals surface area (Å²) < 4.78 is 5.49. The minimum Gasteiger partial charge on any atom is -0.494 e. The summed E-state index contributed by atoms with van der Waals surface area (Å²) in [4.78, 5) is 13.2. The minimum atomic E-state index is -0.464. The van der Waals surface area contributed by atoms with Gasteiger partial charge in [0.2, 0.25) is 0 Å². The van der Waals surface area contributed by atoms with Gasteiger partial charge in [-0.15, -0.1) is 15.3 Å². The number of benzene rings is 3. The Morgan fingerprint density at radius 1 is 0.806 bits per heavy atom. The fraction of sp³-hybridized carbons (Fsp3) is 0.333. The number of methoxy groups -OCH3 is 1. The lowest BCUT2D eigenvalue weighted by Crippen LogP contribution is -2.36. The van der Waals surface area contributed by atoms with Crippen LogP contribution in [0, 0.1) is 24.0 Å².